The smallest absolute Gasteiger partial charge is 0.349 e. The number of benzene rings is 3. The summed E-state index contributed by atoms with van der Waals surface area (Å²) in [4.78, 5) is 77.7. The van der Waals surface area contributed by atoms with Crippen molar-refractivity contribution in [1.29, 1.82) is 0 Å². The van der Waals surface area contributed by atoms with E-state index in [-0.39, 0.29) is 80.1 Å². The van der Waals surface area contributed by atoms with Gasteiger partial charge >= 0.3 is 12.0 Å². The molecular formula is C47H53ClFN7O8S2. The topological polar surface area (TPSA) is 181 Å². The third-order valence-corrected chi connectivity index (χ3v) is 15.5. The number of imide groups is 1. The first-order valence-electron chi connectivity index (χ1n) is 21.7. The molecule has 4 heterocycles. The zero-order valence-electron chi connectivity index (χ0n) is 37.1. The highest BCUT2D eigenvalue weighted by molar-refractivity contribution is 7.96. The van der Waals surface area contributed by atoms with Gasteiger partial charge in [0, 0.05) is 68.7 Å². The molecule has 7 rings (SSSR count). The zero-order chi connectivity index (χ0) is 47.3. The number of halogens is 2. The lowest BCUT2D eigenvalue weighted by atomic mass is 9.88. The summed E-state index contributed by atoms with van der Waals surface area (Å²) in [6.07, 6.45) is 4.78. The predicted octanol–water partition coefficient (Wildman–Crippen LogP) is 8.23. The van der Waals surface area contributed by atoms with Crippen molar-refractivity contribution < 1.29 is 43.0 Å². The number of hydrogen-bond donors (Lipinski definition) is 4. The van der Waals surface area contributed by atoms with Crippen molar-refractivity contribution in [2.24, 2.45) is 0 Å². The van der Waals surface area contributed by atoms with Crippen LogP contribution in [0.1, 0.15) is 79.1 Å². The molecule has 3 saturated heterocycles. The van der Waals surface area contributed by atoms with E-state index >= 15 is 4.39 Å². The summed E-state index contributed by atoms with van der Waals surface area (Å²) in [6.45, 7) is 5.76. The van der Waals surface area contributed by atoms with E-state index in [9.17, 15) is 33.9 Å². The number of hydrogen-bond acceptors (Lipinski definition) is 12. The number of carboxylic acid groups (broad SMARTS) is 1. The van der Waals surface area contributed by atoms with Crippen LogP contribution >= 0.6 is 34.9 Å². The molecule has 66 heavy (non-hydrogen) atoms. The van der Waals surface area contributed by atoms with E-state index in [1.165, 1.54) is 11.0 Å². The van der Waals surface area contributed by atoms with E-state index in [1.807, 2.05) is 52.3 Å². The number of urea groups is 1. The molecule has 3 aliphatic rings. The lowest BCUT2D eigenvalue weighted by molar-refractivity contribution is -0.134. The summed E-state index contributed by atoms with van der Waals surface area (Å²) in [5.41, 5.74) is 4.32. The van der Waals surface area contributed by atoms with Gasteiger partial charge in [-0.1, -0.05) is 53.9 Å². The van der Waals surface area contributed by atoms with Crippen molar-refractivity contribution in [2.45, 2.75) is 81.7 Å². The first-order chi connectivity index (χ1) is 31.6. The third-order valence-electron chi connectivity index (χ3n) is 12.4. The van der Waals surface area contributed by atoms with Gasteiger partial charge < -0.3 is 35.2 Å². The second kappa shape index (κ2) is 20.9. The van der Waals surface area contributed by atoms with Crippen molar-refractivity contribution in [1.82, 2.24) is 14.5 Å². The molecular weight excluding hydrogens is 909 g/mol. The van der Waals surface area contributed by atoms with Crippen LogP contribution in [-0.4, -0.2) is 109 Å². The number of ether oxygens (including phenoxy) is 1. The minimum Gasteiger partial charge on any atom is -0.483 e. The maximum atomic E-state index is 16.1. The number of likely N-dealkylation sites (N-methyl/N-ethyl adjacent to an activating group) is 1. The Morgan fingerprint density at radius 1 is 1.03 bits per heavy atom. The SMILES string of the molecule is CN(C=O)c1cc(C2CCN(C(=O)Nc3cccc(CSN4CCC(Nc5cccc(-c6sc(C(=O)O)c(OCC=O)c6Cl)c5F)CC4(C)C)c3)CC2)ccc1N(C)C1CCC(=O)NC1=O. The number of aldehydes is 1. The van der Waals surface area contributed by atoms with Crippen LogP contribution in [-0.2, 0) is 24.9 Å². The van der Waals surface area contributed by atoms with Crippen LogP contribution in [0.15, 0.2) is 60.7 Å². The Morgan fingerprint density at radius 3 is 2.48 bits per heavy atom. The Morgan fingerprint density at radius 2 is 1.79 bits per heavy atom. The molecule has 4 aromatic rings. The van der Waals surface area contributed by atoms with Gasteiger partial charge in [0.05, 0.1) is 21.9 Å². The number of nitrogens with zero attached hydrogens (tertiary/aromatic N) is 4. The molecule has 15 nitrogen and oxygen atoms in total. The number of anilines is 4. The zero-order valence-corrected chi connectivity index (χ0v) is 39.5. The molecule has 4 N–H and O–H groups in total. The number of likely N-dealkylation sites (tertiary alicyclic amines) is 1. The Bertz CT molecular complexity index is 2500. The molecule has 0 bridgehead atoms. The summed E-state index contributed by atoms with van der Waals surface area (Å²) in [7, 11) is 3.46. The number of thiophene rings is 1. The maximum absolute atomic E-state index is 16.1. The number of carboxylic acids is 1. The first kappa shape index (κ1) is 48.2. The molecule has 0 spiro atoms. The molecule has 0 aliphatic carbocycles. The average molecular weight is 963 g/mol. The second-order valence-corrected chi connectivity index (χ2v) is 19.7. The molecule has 1 aromatic heterocycles. The van der Waals surface area contributed by atoms with E-state index in [0.29, 0.717) is 55.0 Å². The molecule has 3 fully saturated rings. The molecule has 350 valence electrons. The van der Waals surface area contributed by atoms with Crippen LogP contribution in [0, 0.1) is 5.82 Å². The van der Waals surface area contributed by atoms with Gasteiger partial charge in [-0.3, -0.25) is 24.5 Å². The highest BCUT2D eigenvalue weighted by Gasteiger charge is 2.36. The summed E-state index contributed by atoms with van der Waals surface area (Å²) in [6, 6.07) is 17.9. The highest BCUT2D eigenvalue weighted by atomic mass is 35.5. The second-order valence-electron chi connectivity index (χ2n) is 17.3. The molecule has 3 aliphatic heterocycles. The maximum Gasteiger partial charge on any atom is 0.349 e. The van der Waals surface area contributed by atoms with Gasteiger partial charge in [-0.25, -0.2) is 18.3 Å². The van der Waals surface area contributed by atoms with Gasteiger partial charge in [-0.2, -0.15) is 0 Å². The van der Waals surface area contributed by atoms with E-state index in [0.717, 1.165) is 54.7 Å². The molecule has 19 heteroatoms. The van der Waals surface area contributed by atoms with Crippen molar-refractivity contribution in [3.05, 3.63) is 87.5 Å². The number of nitrogens with one attached hydrogen (secondary N) is 3. The number of aromatic carboxylic acids is 1. The van der Waals surface area contributed by atoms with Crippen LogP contribution < -0.4 is 30.5 Å². The van der Waals surface area contributed by atoms with Gasteiger partial charge in [0.1, 0.15) is 17.7 Å². The molecule has 0 radical (unpaired) electrons. The van der Waals surface area contributed by atoms with Gasteiger partial charge in [0.15, 0.2) is 22.7 Å². The minimum atomic E-state index is -1.29. The normalized spacial score (nSPS) is 18.8. The number of carbonyl (C=O) groups is 6. The fraction of sp³-hybridized carbons (Fsp3) is 0.404. The highest BCUT2D eigenvalue weighted by Crippen LogP contribution is 2.47. The van der Waals surface area contributed by atoms with Gasteiger partial charge in [-0.15, -0.1) is 11.3 Å². The summed E-state index contributed by atoms with van der Waals surface area (Å²) >= 11 is 8.98. The average Bonchev–Trinajstić information content (AvgIpc) is 3.63. The molecule has 2 unspecified atom stereocenters. The molecule has 5 amide bonds. The lowest BCUT2D eigenvalue weighted by Crippen LogP contribution is -2.51. The van der Waals surface area contributed by atoms with E-state index in [2.05, 4.69) is 34.1 Å². The largest absolute Gasteiger partial charge is 0.483 e. The monoisotopic (exact) mass is 961 g/mol. The van der Waals surface area contributed by atoms with Crippen LogP contribution in [0.3, 0.4) is 0 Å². The van der Waals surface area contributed by atoms with Crippen molar-refractivity contribution in [2.75, 3.05) is 60.8 Å². The fourth-order valence-corrected chi connectivity index (χ4v) is 11.5. The van der Waals surface area contributed by atoms with E-state index < -0.39 is 17.8 Å². The van der Waals surface area contributed by atoms with Gasteiger partial charge in [0.2, 0.25) is 18.2 Å². The number of piperidine rings is 3. The standard InChI is InChI=1S/C47H53ClFN7O8S2/c1-47(2)25-32(50-34-10-6-9-33(40(34)49)42-39(48)41(64-22-21-57)43(66-42)45(61)62)17-20-56(47)65-26-28-7-5-8-31(23-28)51-46(63)55-18-15-29(16-19-55)30-11-12-35(37(24-30)53(3)27-58)54(4)36-13-14-38(59)52-44(36)60/h5-12,21,23-24,27,29,32,36,50H,13-20,22,25-26H2,1-4H3,(H,51,63)(H,61,62)(H,52,59,60). The third kappa shape index (κ3) is 10.8. The van der Waals surface area contributed by atoms with Crippen molar-refractivity contribution in [3.63, 3.8) is 0 Å². The molecule has 2 atom stereocenters. The van der Waals surface area contributed by atoms with Crippen LogP contribution in [0.2, 0.25) is 5.02 Å². The summed E-state index contributed by atoms with van der Waals surface area (Å²) in [5.74, 6) is -1.82. The fourth-order valence-electron chi connectivity index (χ4n) is 8.90. The van der Waals surface area contributed by atoms with E-state index in [1.54, 1.807) is 38.2 Å². The van der Waals surface area contributed by atoms with Crippen LogP contribution in [0.5, 0.6) is 5.75 Å². The quantitative estimate of drug-likeness (QED) is 0.0481. The number of rotatable bonds is 16. The Hall–Kier alpha value is -5.69. The lowest BCUT2D eigenvalue weighted by Gasteiger charge is -2.45. The van der Waals surface area contributed by atoms with Crippen molar-refractivity contribution >= 4 is 94.1 Å². The molecule has 3 aromatic carbocycles. The summed E-state index contributed by atoms with van der Waals surface area (Å²) in [5, 5.41) is 18.5. The Labute approximate surface area is 396 Å². The van der Waals surface area contributed by atoms with Gasteiger partial charge in [-0.05, 0) is 93.3 Å². The number of carbonyl (C=O) groups excluding carboxylic acids is 5. The molecule has 0 saturated carbocycles. The Balaban J connectivity index is 0.910. The minimum absolute atomic E-state index is 0.0499. The Kier molecular flexibility index (Phi) is 15.3. The first-order valence-corrected chi connectivity index (χ1v) is 23.8. The predicted molar refractivity (Wildman–Crippen MR) is 256 cm³/mol. The van der Waals surface area contributed by atoms with E-state index in [4.69, 9.17) is 16.3 Å². The van der Waals surface area contributed by atoms with Gasteiger partial charge in [0.25, 0.3) is 0 Å². The number of amides is 5. The summed E-state index contributed by atoms with van der Waals surface area (Å²) < 4.78 is 23.7. The van der Waals surface area contributed by atoms with Crippen molar-refractivity contribution in [3.8, 4) is 16.2 Å². The van der Waals surface area contributed by atoms with Crippen LogP contribution in [0.4, 0.5) is 31.9 Å². The van der Waals surface area contributed by atoms with Crippen LogP contribution in [0.25, 0.3) is 10.4 Å².